The second kappa shape index (κ2) is 5.93. The van der Waals surface area contributed by atoms with Crippen molar-refractivity contribution in [1.82, 2.24) is 14.9 Å². The lowest BCUT2D eigenvalue weighted by Crippen LogP contribution is -2.39. The predicted molar refractivity (Wildman–Crippen MR) is 67.3 cm³/mol. The van der Waals surface area contributed by atoms with Gasteiger partial charge in [-0.05, 0) is 19.9 Å². The Balaban J connectivity index is 1.77. The molecule has 5 nitrogen and oxygen atoms in total. The number of morpholine rings is 1. The van der Waals surface area contributed by atoms with Crippen molar-refractivity contribution in [3.8, 4) is 0 Å². The van der Waals surface area contributed by atoms with E-state index >= 15 is 0 Å². The molecule has 17 heavy (non-hydrogen) atoms. The largest absolute Gasteiger partial charge is 0.379 e. The maximum atomic E-state index is 5.31. The fourth-order valence-electron chi connectivity index (χ4n) is 1.96. The Labute approximate surface area is 102 Å². The molecule has 5 heteroatoms. The number of anilines is 1. The fraction of sp³-hybridized carbons (Fsp3) is 0.667. The normalized spacial score (nSPS) is 17.1. The summed E-state index contributed by atoms with van der Waals surface area (Å²) < 4.78 is 5.31. The lowest BCUT2D eigenvalue weighted by molar-refractivity contribution is 0.0398. The van der Waals surface area contributed by atoms with E-state index in [2.05, 4.69) is 20.2 Å². The quantitative estimate of drug-likeness (QED) is 0.839. The van der Waals surface area contributed by atoms with Crippen molar-refractivity contribution in [3.63, 3.8) is 0 Å². The van der Waals surface area contributed by atoms with Gasteiger partial charge in [0.2, 0.25) is 5.95 Å². The molecule has 1 saturated heterocycles. The molecular weight excluding hydrogens is 216 g/mol. The van der Waals surface area contributed by atoms with E-state index in [1.54, 1.807) is 0 Å². The Morgan fingerprint density at radius 2 is 1.88 bits per heavy atom. The molecule has 0 aliphatic carbocycles. The number of nitrogens with zero attached hydrogens (tertiary/aromatic N) is 3. The lowest BCUT2D eigenvalue weighted by Gasteiger charge is -2.26. The summed E-state index contributed by atoms with van der Waals surface area (Å²) in [6.07, 6.45) is 0. The number of rotatable bonds is 4. The third-order valence-electron chi connectivity index (χ3n) is 2.80. The molecule has 1 aliphatic rings. The monoisotopic (exact) mass is 236 g/mol. The maximum Gasteiger partial charge on any atom is 0.223 e. The minimum Gasteiger partial charge on any atom is -0.379 e. The van der Waals surface area contributed by atoms with Gasteiger partial charge in [-0.3, -0.25) is 4.90 Å². The van der Waals surface area contributed by atoms with Gasteiger partial charge in [0.05, 0.1) is 13.2 Å². The van der Waals surface area contributed by atoms with E-state index in [4.69, 9.17) is 4.74 Å². The summed E-state index contributed by atoms with van der Waals surface area (Å²) in [6.45, 7) is 9.61. The molecule has 0 atom stereocenters. The highest BCUT2D eigenvalue weighted by Crippen LogP contribution is 2.03. The van der Waals surface area contributed by atoms with E-state index in [-0.39, 0.29) is 0 Å². The molecule has 1 aromatic rings. The van der Waals surface area contributed by atoms with Crippen LogP contribution in [0.5, 0.6) is 0 Å². The van der Waals surface area contributed by atoms with Crippen LogP contribution >= 0.6 is 0 Å². The zero-order valence-electron chi connectivity index (χ0n) is 10.6. The molecule has 0 bridgehead atoms. The van der Waals surface area contributed by atoms with Gasteiger partial charge in [0, 0.05) is 37.6 Å². The van der Waals surface area contributed by atoms with Crippen molar-refractivity contribution < 1.29 is 4.74 Å². The minimum absolute atomic E-state index is 0.732. The van der Waals surface area contributed by atoms with Gasteiger partial charge in [0.25, 0.3) is 0 Å². The van der Waals surface area contributed by atoms with Crippen molar-refractivity contribution in [2.75, 3.05) is 44.7 Å². The highest BCUT2D eigenvalue weighted by Gasteiger charge is 2.09. The third kappa shape index (κ3) is 3.94. The molecule has 94 valence electrons. The molecule has 0 saturated carbocycles. The van der Waals surface area contributed by atoms with Crippen molar-refractivity contribution >= 4 is 5.95 Å². The summed E-state index contributed by atoms with van der Waals surface area (Å²) in [6, 6.07) is 1.98. The fourth-order valence-corrected chi connectivity index (χ4v) is 1.96. The number of hydrogen-bond donors (Lipinski definition) is 1. The maximum absolute atomic E-state index is 5.31. The van der Waals surface area contributed by atoms with Crippen LogP contribution in [0, 0.1) is 13.8 Å². The van der Waals surface area contributed by atoms with E-state index < -0.39 is 0 Å². The first-order valence-corrected chi connectivity index (χ1v) is 6.10. The first-order valence-electron chi connectivity index (χ1n) is 6.10. The molecule has 0 aromatic carbocycles. The van der Waals surface area contributed by atoms with Crippen molar-refractivity contribution in [3.05, 3.63) is 17.5 Å². The van der Waals surface area contributed by atoms with Crippen LogP contribution in [0.15, 0.2) is 6.07 Å². The molecule has 0 spiro atoms. The van der Waals surface area contributed by atoms with Crippen LogP contribution in [0.1, 0.15) is 11.4 Å². The van der Waals surface area contributed by atoms with Gasteiger partial charge in [-0.2, -0.15) is 0 Å². The van der Waals surface area contributed by atoms with Crippen LogP contribution in [0.4, 0.5) is 5.95 Å². The molecule has 1 aliphatic heterocycles. The summed E-state index contributed by atoms with van der Waals surface area (Å²) in [4.78, 5) is 11.1. The summed E-state index contributed by atoms with van der Waals surface area (Å²) in [7, 11) is 0. The highest BCUT2D eigenvalue weighted by atomic mass is 16.5. The zero-order chi connectivity index (χ0) is 12.1. The van der Waals surface area contributed by atoms with E-state index in [1.165, 1.54) is 0 Å². The Kier molecular flexibility index (Phi) is 4.28. The summed E-state index contributed by atoms with van der Waals surface area (Å²) in [5.74, 6) is 0.732. The number of hydrogen-bond acceptors (Lipinski definition) is 5. The van der Waals surface area contributed by atoms with Gasteiger partial charge in [0.15, 0.2) is 0 Å². The van der Waals surface area contributed by atoms with Crippen molar-refractivity contribution in [1.29, 1.82) is 0 Å². The second-order valence-electron chi connectivity index (χ2n) is 4.36. The van der Waals surface area contributed by atoms with Crippen LogP contribution < -0.4 is 5.32 Å². The SMILES string of the molecule is Cc1cc(C)nc(NCCN2CCOCC2)n1. The Morgan fingerprint density at radius 1 is 1.24 bits per heavy atom. The van der Waals surface area contributed by atoms with Gasteiger partial charge >= 0.3 is 0 Å². The van der Waals surface area contributed by atoms with Gasteiger partial charge in [-0.25, -0.2) is 9.97 Å². The topological polar surface area (TPSA) is 50.3 Å². The number of nitrogens with one attached hydrogen (secondary N) is 1. The molecule has 2 rings (SSSR count). The van der Waals surface area contributed by atoms with Crippen LogP contribution in [0.3, 0.4) is 0 Å². The molecule has 0 unspecified atom stereocenters. The standard InChI is InChI=1S/C12H20N4O/c1-10-9-11(2)15-12(14-10)13-3-4-16-5-7-17-8-6-16/h9H,3-8H2,1-2H3,(H,13,14,15). The van der Waals surface area contributed by atoms with E-state index in [0.29, 0.717) is 0 Å². The Morgan fingerprint density at radius 3 is 2.53 bits per heavy atom. The zero-order valence-corrected chi connectivity index (χ0v) is 10.6. The molecule has 1 N–H and O–H groups in total. The highest BCUT2D eigenvalue weighted by molar-refractivity contribution is 5.27. The average Bonchev–Trinajstić information content (AvgIpc) is 2.29. The average molecular weight is 236 g/mol. The number of aromatic nitrogens is 2. The predicted octanol–water partition coefficient (Wildman–Crippen LogP) is 0.838. The summed E-state index contributed by atoms with van der Waals surface area (Å²) in [5.41, 5.74) is 2.01. The smallest absolute Gasteiger partial charge is 0.223 e. The van der Waals surface area contributed by atoms with Gasteiger partial charge in [0.1, 0.15) is 0 Å². The van der Waals surface area contributed by atoms with Gasteiger partial charge < -0.3 is 10.1 Å². The summed E-state index contributed by atoms with van der Waals surface area (Å²) in [5, 5.41) is 3.27. The lowest BCUT2D eigenvalue weighted by atomic mass is 10.3. The summed E-state index contributed by atoms with van der Waals surface area (Å²) >= 11 is 0. The minimum atomic E-state index is 0.732. The molecular formula is C12H20N4O. The Bertz CT molecular complexity index is 343. The molecule has 0 radical (unpaired) electrons. The van der Waals surface area contributed by atoms with Gasteiger partial charge in [-0.1, -0.05) is 0 Å². The third-order valence-corrected chi connectivity index (χ3v) is 2.80. The Hall–Kier alpha value is -1.20. The van der Waals surface area contributed by atoms with Crippen LogP contribution in [0.25, 0.3) is 0 Å². The first kappa shape index (κ1) is 12.3. The van der Waals surface area contributed by atoms with Crippen LogP contribution in [0.2, 0.25) is 0 Å². The van der Waals surface area contributed by atoms with Crippen molar-refractivity contribution in [2.24, 2.45) is 0 Å². The van der Waals surface area contributed by atoms with E-state index in [9.17, 15) is 0 Å². The van der Waals surface area contributed by atoms with Crippen molar-refractivity contribution in [2.45, 2.75) is 13.8 Å². The molecule has 1 aromatic heterocycles. The number of ether oxygens (including phenoxy) is 1. The molecule has 2 heterocycles. The molecule has 1 fully saturated rings. The number of aryl methyl sites for hydroxylation is 2. The van der Waals surface area contributed by atoms with Gasteiger partial charge in [-0.15, -0.1) is 0 Å². The van der Waals surface area contributed by atoms with Crippen LogP contribution in [-0.2, 0) is 4.74 Å². The van der Waals surface area contributed by atoms with Crippen LogP contribution in [-0.4, -0.2) is 54.3 Å². The van der Waals surface area contributed by atoms with E-state index in [0.717, 1.165) is 56.7 Å². The first-order chi connectivity index (χ1) is 8.24. The van der Waals surface area contributed by atoms with E-state index in [1.807, 2.05) is 19.9 Å². The second-order valence-corrected chi connectivity index (χ2v) is 4.36. The molecule has 0 amide bonds.